The van der Waals surface area contributed by atoms with Gasteiger partial charge in [-0.3, -0.25) is 4.79 Å². The number of amides is 1. The van der Waals surface area contributed by atoms with E-state index < -0.39 is 0 Å². The number of aromatic nitrogens is 4. The Kier molecular flexibility index (Phi) is 6.96. The molecule has 0 saturated carbocycles. The molecular formula is C23H20ClN5OS. The van der Waals surface area contributed by atoms with Crippen LogP contribution in [0.5, 0.6) is 0 Å². The monoisotopic (exact) mass is 449 g/mol. The van der Waals surface area contributed by atoms with Crippen LogP contribution >= 0.6 is 23.4 Å². The fourth-order valence-corrected chi connectivity index (χ4v) is 3.96. The summed E-state index contributed by atoms with van der Waals surface area (Å²) in [6.45, 7) is 0.551. The third-order valence-electron chi connectivity index (χ3n) is 4.65. The van der Waals surface area contributed by atoms with E-state index in [0.29, 0.717) is 16.7 Å². The van der Waals surface area contributed by atoms with Crippen molar-refractivity contribution in [2.45, 2.75) is 17.7 Å². The van der Waals surface area contributed by atoms with E-state index in [1.165, 1.54) is 11.8 Å². The third-order valence-corrected chi connectivity index (χ3v) is 5.86. The van der Waals surface area contributed by atoms with Crippen molar-refractivity contribution in [2.24, 2.45) is 0 Å². The van der Waals surface area contributed by atoms with Gasteiger partial charge in [-0.25, -0.2) is 4.68 Å². The SMILES string of the molecule is O=C(CSc1nnnn1Cc1ccccc1)NC(c1ccccc1)c1ccc(Cl)cc1. The number of nitrogens with one attached hydrogen (secondary N) is 1. The molecule has 0 spiro atoms. The number of nitrogens with zero attached hydrogens (tertiary/aromatic N) is 4. The summed E-state index contributed by atoms with van der Waals surface area (Å²) in [6.07, 6.45) is 0. The van der Waals surface area contributed by atoms with E-state index in [9.17, 15) is 4.79 Å². The molecule has 0 bridgehead atoms. The van der Waals surface area contributed by atoms with Crippen molar-refractivity contribution in [1.29, 1.82) is 0 Å². The van der Waals surface area contributed by atoms with Gasteiger partial charge in [0.05, 0.1) is 18.3 Å². The smallest absolute Gasteiger partial charge is 0.231 e. The lowest BCUT2D eigenvalue weighted by atomic mass is 9.99. The molecule has 1 aromatic heterocycles. The molecule has 8 heteroatoms. The molecule has 0 aliphatic rings. The Labute approximate surface area is 189 Å². The van der Waals surface area contributed by atoms with Crippen LogP contribution in [0.1, 0.15) is 22.7 Å². The lowest BCUT2D eigenvalue weighted by Crippen LogP contribution is -2.30. The number of carbonyl (C=O) groups is 1. The van der Waals surface area contributed by atoms with E-state index in [1.807, 2.05) is 84.9 Å². The van der Waals surface area contributed by atoms with Gasteiger partial charge in [0.2, 0.25) is 11.1 Å². The number of tetrazole rings is 1. The van der Waals surface area contributed by atoms with Crippen LogP contribution in [0, 0.1) is 0 Å². The fraction of sp³-hybridized carbons (Fsp3) is 0.130. The van der Waals surface area contributed by atoms with Gasteiger partial charge in [-0.1, -0.05) is 96.2 Å². The van der Waals surface area contributed by atoms with Crippen molar-refractivity contribution in [3.63, 3.8) is 0 Å². The van der Waals surface area contributed by atoms with E-state index in [2.05, 4.69) is 20.8 Å². The predicted octanol–water partition coefficient (Wildman–Crippen LogP) is 4.37. The number of hydrogen-bond acceptors (Lipinski definition) is 5. The zero-order valence-corrected chi connectivity index (χ0v) is 18.1. The molecule has 31 heavy (non-hydrogen) atoms. The quantitative estimate of drug-likeness (QED) is 0.404. The first-order valence-corrected chi connectivity index (χ1v) is 11.1. The molecule has 0 saturated heterocycles. The highest BCUT2D eigenvalue weighted by Crippen LogP contribution is 2.24. The second-order valence-corrected chi connectivity index (χ2v) is 8.24. The molecule has 6 nitrogen and oxygen atoms in total. The van der Waals surface area contributed by atoms with Crippen LogP contribution < -0.4 is 5.32 Å². The molecular weight excluding hydrogens is 430 g/mol. The average Bonchev–Trinajstić information content (AvgIpc) is 3.25. The van der Waals surface area contributed by atoms with Crippen LogP contribution in [-0.2, 0) is 11.3 Å². The zero-order chi connectivity index (χ0) is 21.5. The summed E-state index contributed by atoms with van der Waals surface area (Å²) in [5.41, 5.74) is 3.05. The highest BCUT2D eigenvalue weighted by atomic mass is 35.5. The molecule has 1 N–H and O–H groups in total. The molecule has 1 unspecified atom stereocenters. The normalized spacial score (nSPS) is 11.8. The van der Waals surface area contributed by atoms with Gasteiger partial charge in [0.1, 0.15) is 0 Å². The van der Waals surface area contributed by atoms with Gasteiger partial charge >= 0.3 is 0 Å². The van der Waals surface area contributed by atoms with Gasteiger partial charge < -0.3 is 5.32 Å². The number of benzene rings is 3. The lowest BCUT2D eigenvalue weighted by molar-refractivity contribution is -0.119. The fourth-order valence-electron chi connectivity index (χ4n) is 3.15. The van der Waals surface area contributed by atoms with Crippen LogP contribution in [0.15, 0.2) is 90.1 Å². The van der Waals surface area contributed by atoms with E-state index in [-0.39, 0.29) is 17.7 Å². The standard InChI is InChI=1S/C23H20ClN5OS/c24-20-13-11-19(12-14-20)22(18-9-5-2-6-10-18)25-21(30)16-31-23-26-27-28-29(23)15-17-7-3-1-4-8-17/h1-14,22H,15-16H2,(H,25,30). The molecule has 0 aliphatic carbocycles. The Bertz CT molecular complexity index is 1120. The molecule has 156 valence electrons. The van der Waals surface area contributed by atoms with Gasteiger partial charge in [0.15, 0.2) is 0 Å². The van der Waals surface area contributed by atoms with Crippen molar-refractivity contribution in [2.75, 3.05) is 5.75 Å². The summed E-state index contributed by atoms with van der Waals surface area (Å²) in [5, 5.41) is 16.2. The summed E-state index contributed by atoms with van der Waals surface area (Å²) in [4.78, 5) is 12.8. The van der Waals surface area contributed by atoms with Gasteiger partial charge in [-0.2, -0.15) is 0 Å². The summed E-state index contributed by atoms with van der Waals surface area (Å²) in [5.74, 6) is 0.0922. The number of thioether (sulfide) groups is 1. The van der Waals surface area contributed by atoms with Crippen LogP contribution in [-0.4, -0.2) is 31.9 Å². The van der Waals surface area contributed by atoms with E-state index >= 15 is 0 Å². The number of hydrogen-bond donors (Lipinski definition) is 1. The molecule has 4 rings (SSSR count). The molecule has 1 amide bonds. The molecule has 4 aromatic rings. The van der Waals surface area contributed by atoms with Crippen molar-refractivity contribution < 1.29 is 4.79 Å². The summed E-state index contributed by atoms with van der Waals surface area (Å²) >= 11 is 7.35. The minimum absolute atomic E-state index is 0.108. The van der Waals surface area contributed by atoms with Crippen LogP contribution in [0.25, 0.3) is 0 Å². The average molecular weight is 450 g/mol. The van der Waals surface area contributed by atoms with E-state index in [0.717, 1.165) is 16.7 Å². The first-order valence-electron chi connectivity index (χ1n) is 9.72. The lowest BCUT2D eigenvalue weighted by Gasteiger charge is -2.20. The van der Waals surface area contributed by atoms with Crippen LogP contribution in [0.2, 0.25) is 5.02 Å². The molecule has 0 fully saturated rings. The Morgan fingerprint density at radius 2 is 1.58 bits per heavy atom. The maximum atomic E-state index is 12.8. The summed E-state index contributed by atoms with van der Waals surface area (Å²) < 4.78 is 1.70. The summed E-state index contributed by atoms with van der Waals surface area (Å²) in [6, 6.07) is 27.0. The minimum atomic E-state index is -0.271. The maximum absolute atomic E-state index is 12.8. The Morgan fingerprint density at radius 3 is 2.29 bits per heavy atom. The van der Waals surface area contributed by atoms with Crippen molar-refractivity contribution in [3.8, 4) is 0 Å². The Morgan fingerprint density at radius 1 is 0.935 bits per heavy atom. The van der Waals surface area contributed by atoms with Crippen LogP contribution in [0.4, 0.5) is 0 Å². The van der Waals surface area contributed by atoms with Crippen molar-refractivity contribution in [3.05, 3.63) is 107 Å². The Hall–Kier alpha value is -3.16. The topological polar surface area (TPSA) is 72.7 Å². The van der Waals surface area contributed by atoms with Gasteiger partial charge in [0.25, 0.3) is 0 Å². The van der Waals surface area contributed by atoms with E-state index in [4.69, 9.17) is 11.6 Å². The summed E-state index contributed by atoms with van der Waals surface area (Å²) in [7, 11) is 0. The Balaban J connectivity index is 1.43. The number of carbonyl (C=O) groups excluding carboxylic acids is 1. The second-order valence-electron chi connectivity index (χ2n) is 6.86. The maximum Gasteiger partial charge on any atom is 0.231 e. The van der Waals surface area contributed by atoms with Crippen molar-refractivity contribution in [1.82, 2.24) is 25.5 Å². The van der Waals surface area contributed by atoms with Gasteiger partial charge in [-0.15, -0.1) is 5.10 Å². The largest absolute Gasteiger partial charge is 0.344 e. The van der Waals surface area contributed by atoms with Gasteiger partial charge in [0, 0.05) is 5.02 Å². The third kappa shape index (κ3) is 5.71. The highest BCUT2D eigenvalue weighted by Gasteiger charge is 2.18. The van der Waals surface area contributed by atoms with E-state index in [1.54, 1.807) is 4.68 Å². The number of rotatable bonds is 8. The van der Waals surface area contributed by atoms with Crippen LogP contribution in [0.3, 0.4) is 0 Å². The van der Waals surface area contributed by atoms with Gasteiger partial charge in [-0.05, 0) is 39.2 Å². The molecule has 1 heterocycles. The number of halogens is 1. The predicted molar refractivity (Wildman–Crippen MR) is 122 cm³/mol. The highest BCUT2D eigenvalue weighted by molar-refractivity contribution is 7.99. The first kappa shape index (κ1) is 21.1. The molecule has 0 aliphatic heterocycles. The second kappa shape index (κ2) is 10.2. The zero-order valence-electron chi connectivity index (χ0n) is 16.6. The molecule has 3 aromatic carbocycles. The first-order chi connectivity index (χ1) is 15.2. The van der Waals surface area contributed by atoms with Crippen molar-refractivity contribution >= 4 is 29.3 Å². The molecule has 1 atom stereocenters. The minimum Gasteiger partial charge on any atom is -0.344 e. The molecule has 0 radical (unpaired) electrons.